The number of piperidine rings is 1. The molecule has 1 fully saturated rings. The summed E-state index contributed by atoms with van der Waals surface area (Å²) in [7, 11) is 0. The lowest BCUT2D eigenvalue weighted by atomic mass is 9.98. The Morgan fingerprint density at radius 2 is 2.08 bits per heavy atom. The molecule has 1 aliphatic heterocycles. The van der Waals surface area contributed by atoms with E-state index in [1.807, 2.05) is 11.3 Å². The van der Waals surface area contributed by atoms with E-state index >= 15 is 0 Å². The predicted octanol–water partition coefficient (Wildman–Crippen LogP) is 3.83. The van der Waals surface area contributed by atoms with Crippen LogP contribution < -0.4 is 11.1 Å². The maximum Gasteiger partial charge on any atom is 0.220 e. The van der Waals surface area contributed by atoms with Gasteiger partial charge >= 0.3 is 0 Å². The maximum absolute atomic E-state index is 11.9. The molecular formula is C18H33Cl2N3OS. The molecule has 0 saturated carbocycles. The molecular weight excluding hydrogens is 377 g/mol. The molecule has 0 aliphatic carbocycles. The molecule has 146 valence electrons. The zero-order valence-electron chi connectivity index (χ0n) is 15.0. The Morgan fingerprint density at radius 3 is 2.80 bits per heavy atom. The third-order valence-corrected chi connectivity index (χ3v) is 5.37. The first kappa shape index (κ1) is 24.7. The van der Waals surface area contributed by atoms with Gasteiger partial charge in [-0.05, 0) is 56.1 Å². The third-order valence-electron chi connectivity index (χ3n) is 4.51. The topological polar surface area (TPSA) is 58.4 Å². The number of amides is 1. The minimum atomic E-state index is 0. The molecule has 2 heterocycles. The van der Waals surface area contributed by atoms with Gasteiger partial charge in [-0.2, -0.15) is 0 Å². The first-order chi connectivity index (χ1) is 11.3. The van der Waals surface area contributed by atoms with Crippen LogP contribution >= 0.6 is 36.2 Å². The van der Waals surface area contributed by atoms with Crippen molar-refractivity contribution in [2.45, 2.75) is 51.5 Å². The number of nitrogens with two attached hydrogens (primary N) is 1. The zero-order valence-corrected chi connectivity index (χ0v) is 17.4. The Labute approximate surface area is 168 Å². The second kappa shape index (κ2) is 14.8. The van der Waals surface area contributed by atoms with E-state index in [1.54, 1.807) is 0 Å². The molecule has 1 amide bonds. The van der Waals surface area contributed by atoms with E-state index in [2.05, 4.69) is 27.7 Å². The van der Waals surface area contributed by atoms with Gasteiger partial charge in [-0.25, -0.2) is 0 Å². The van der Waals surface area contributed by atoms with Gasteiger partial charge in [-0.3, -0.25) is 9.69 Å². The number of likely N-dealkylation sites (tertiary alicyclic amines) is 1. The normalized spacial score (nSPS) is 17.4. The van der Waals surface area contributed by atoms with Gasteiger partial charge in [0.15, 0.2) is 0 Å². The van der Waals surface area contributed by atoms with Crippen molar-refractivity contribution in [2.75, 3.05) is 26.2 Å². The lowest BCUT2D eigenvalue weighted by Crippen LogP contribution is -2.40. The maximum atomic E-state index is 11.9. The van der Waals surface area contributed by atoms with E-state index in [1.165, 1.54) is 24.3 Å². The van der Waals surface area contributed by atoms with Gasteiger partial charge in [0.05, 0.1) is 0 Å². The number of hydrogen-bond donors (Lipinski definition) is 2. The van der Waals surface area contributed by atoms with E-state index < -0.39 is 0 Å². The predicted molar refractivity (Wildman–Crippen MR) is 112 cm³/mol. The molecule has 4 nitrogen and oxygen atoms in total. The standard InChI is InChI=1S/C18H31N3OS.2ClH/c19-10-4-2-1-3-9-18(22)20-13-16-7-5-11-21(14-16)15-17-8-6-12-23-17;;/h6,8,12,16H,1-5,7,9-11,13-15,19H2,(H,20,22);2*1H. The van der Waals surface area contributed by atoms with Crippen LogP contribution in [-0.4, -0.2) is 37.0 Å². The minimum absolute atomic E-state index is 0. The lowest BCUT2D eigenvalue weighted by molar-refractivity contribution is -0.121. The molecule has 3 N–H and O–H groups in total. The molecule has 1 saturated heterocycles. The summed E-state index contributed by atoms with van der Waals surface area (Å²) in [5, 5.41) is 5.28. The number of carbonyl (C=O) groups is 1. The van der Waals surface area contributed by atoms with E-state index in [-0.39, 0.29) is 30.7 Å². The van der Waals surface area contributed by atoms with E-state index in [9.17, 15) is 4.79 Å². The average molecular weight is 410 g/mol. The number of nitrogens with one attached hydrogen (secondary N) is 1. The third kappa shape index (κ3) is 10.4. The lowest BCUT2D eigenvalue weighted by Gasteiger charge is -2.32. The molecule has 25 heavy (non-hydrogen) atoms. The highest BCUT2D eigenvalue weighted by molar-refractivity contribution is 7.09. The number of thiophene rings is 1. The first-order valence-corrected chi connectivity index (χ1v) is 9.87. The van der Waals surface area contributed by atoms with Gasteiger partial charge in [-0.1, -0.05) is 18.9 Å². The highest BCUT2D eigenvalue weighted by Gasteiger charge is 2.20. The molecule has 1 atom stereocenters. The van der Waals surface area contributed by atoms with Crippen LogP contribution in [-0.2, 0) is 11.3 Å². The van der Waals surface area contributed by atoms with Crippen molar-refractivity contribution in [2.24, 2.45) is 11.7 Å². The number of carbonyl (C=O) groups excluding carboxylic acids is 1. The van der Waals surface area contributed by atoms with Gasteiger partial charge in [0.1, 0.15) is 0 Å². The molecule has 0 radical (unpaired) electrons. The Kier molecular flexibility index (Phi) is 14.6. The van der Waals surface area contributed by atoms with Crippen LogP contribution in [0.15, 0.2) is 17.5 Å². The van der Waals surface area contributed by atoms with Crippen LogP contribution in [0.3, 0.4) is 0 Å². The van der Waals surface area contributed by atoms with E-state index in [4.69, 9.17) is 5.73 Å². The summed E-state index contributed by atoms with van der Waals surface area (Å²) in [5.41, 5.74) is 5.47. The molecule has 0 bridgehead atoms. The fraction of sp³-hybridized carbons (Fsp3) is 0.722. The minimum Gasteiger partial charge on any atom is -0.356 e. The summed E-state index contributed by atoms with van der Waals surface area (Å²) in [5.74, 6) is 0.818. The highest BCUT2D eigenvalue weighted by Crippen LogP contribution is 2.20. The van der Waals surface area contributed by atoms with Crippen molar-refractivity contribution in [1.82, 2.24) is 10.2 Å². The Balaban J connectivity index is 0.00000288. The molecule has 1 aliphatic rings. The summed E-state index contributed by atoms with van der Waals surface area (Å²) >= 11 is 1.83. The molecule has 1 aromatic heterocycles. The quantitative estimate of drug-likeness (QED) is 0.577. The monoisotopic (exact) mass is 409 g/mol. The molecule has 0 spiro atoms. The van der Waals surface area contributed by atoms with Gasteiger partial charge in [0.2, 0.25) is 5.91 Å². The van der Waals surface area contributed by atoms with Crippen molar-refractivity contribution in [3.05, 3.63) is 22.4 Å². The van der Waals surface area contributed by atoms with Crippen LogP contribution in [0.1, 0.15) is 49.8 Å². The smallest absolute Gasteiger partial charge is 0.220 e. The Morgan fingerprint density at radius 1 is 1.28 bits per heavy atom. The van der Waals surface area contributed by atoms with Crippen LogP contribution in [0, 0.1) is 5.92 Å². The summed E-state index contributed by atoms with van der Waals surface area (Å²) in [4.78, 5) is 15.9. The number of rotatable bonds is 10. The van der Waals surface area contributed by atoms with Crippen molar-refractivity contribution in [3.8, 4) is 0 Å². The second-order valence-corrected chi connectivity index (χ2v) is 7.61. The summed E-state index contributed by atoms with van der Waals surface area (Å²) in [6.07, 6.45) is 7.45. The SMILES string of the molecule is Cl.Cl.NCCCCCCC(=O)NCC1CCCN(Cc2cccs2)C1. The number of unbranched alkanes of at least 4 members (excludes halogenated alkanes) is 3. The zero-order chi connectivity index (χ0) is 16.3. The van der Waals surface area contributed by atoms with E-state index in [0.717, 1.165) is 51.9 Å². The molecule has 1 aromatic rings. The summed E-state index contributed by atoms with van der Waals surface area (Å²) in [6, 6.07) is 4.33. The van der Waals surface area contributed by atoms with Crippen molar-refractivity contribution in [1.29, 1.82) is 0 Å². The van der Waals surface area contributed by atoms with Gasteiger partial charge in [0.25, 0.3) is 0 Å². The summed E-state index contributed by atoms with van der Waals surface area (Å²) in [6.45, 7) is 4.94. The van der Waals surface area contributed by atoms with E-state index in [0.29, 0.717) is 12.3 Å². The van der Waals surface area contributed by atoms with Gasteiger partial charge in [0, 0.05) is 30.9 Å². The molecule has 2 rings (SSSR count). The number of halogens is 2. The fourth-order valence-corrected chi connectivity index (χ4v) is 3.96. The molecule has 7 heteroatoms. The average Bonchev–Trinajstić information content (AvgIpc) is 3.06. The summed E-state index contributed by atoms with van der Waals surface area (Å²) < 4.78 is 0. The van der Waals surface area contributed by atoms with Crippen molar-refractivity contribution >= 4 is 42.1 Å². The first-order valence-electron chi connectivity index (χ1n) is 8.99. The Hall–Kier alpha value is -0.330. The van der Waals surface area contributed by atoms with Gasteiger partial charge in [-0.15, -0.1) is 36.2 Å². The fourth-order valence-electron chi connectivity index (χ4n) is 3.21. The Bertz CT molecular complexity index is 446. The highest BCUT2D eigenvalue weighted by atomic mass is 35.5. The van der Waals surface area contributed by atoms with Crippen molar-refractivity contribution in [3.63, 3.8) is 0 Å². The van der Waals surface area contributed by atoms with Gasteiger partial charge < -0.3 is 11.1 Å². The van der Waals surface area contributed by atoms with Crippen LogP contribution in [0.25, 0.3) is 0 Å². The van der Waals surface area contributed by atoms with Crippen LogP contribution in [0.2, 0.25) is 0 Å². The second-order valence-electron chi connectivity index (χ2n) is 6.58. The van der Waals surface area contributed by atoms with Crippen molar-refractivity contribution < 1.29 is 4.79 Å². The largest absolute Gasteiger partial charge is 0.356 e. The molecule has 0 aromatic carbocycles. The number of hydrogen-bond acceptors (Lipinski definition) is 4. The van der Waals surface area contributed by atoms with Crippen LogP contribution in [0.5, 0.6) is 0 Å². The van der Waals surface area contributed by atoms with Crippen LogP contribution in [0.4, 0.5) is 0 Å². The molecule has 1 unspecified atom stereocenters. The number of nitrogens with zero attached hydrogens (tertiary/aromatic N) is 1.